The van der Waals surface area contributed by atoms with E-state index in [1.54, 1.807) is 0 Å². The van der Waals surface area contributed by atoms with Crippen molar-refractivity contribution in [2.45, 2.75) is 51.5 Å². The molecule has 116 valence electrons. The highest BCUT2D eigenvalue weighted by atomic mass is 16.5. The van der Waals surface area contributed by atoms with Gasteiger partial charge in [0.25, 0.3) is 0 Å². The van der Waals surface area contributed by atoms with Crippen molar-refractivity contribution in [1.82, 2.24) is 0 Å². The van der Waals surface area contributed by atoms with E-state index >= 15 is 0 Å². The van der Waals surface area contributed by atoms with Crippen molar-refractivity contribution in [2.24, 2.45) is 11.7 Å². The van der Waals surface area contributed by atoms with Crippen molar-refractivity contribution in [3.8, 4) is 5.75 Å². The summed E-state index contributed by atoms with van der Waals surface area (Å²) in [5.74, 6) is -0.238. The number of aryl methyl sites for hydroxylation is 1. The Morgan fingerprint density at radius 3 is 2.43 bits per heavy atom. The molecule has 1 atom stereocenters. The molecule has 0 spiro atoms. The number of carboxylic acid groups (broad SMARTS) is 1. The average Bonchev–Trinajstić information content (AvgIpc) is 3.19. The highest BCUT2D eigenvalue weighted by Crippen LogP contribution is 2.39. The largest absolute Gasteiger partial charge is 0.491 e. The van der Waals surface area contributed by atoms with Crippen LogP contribution in [0.25, 0.3) is 0 Å². The molecule has 2 rings (SSSR count). The Balaban J connectivity index is 2.12. The third-order valence-corrected chi connectivity index (χ3v) is 4.21. The van der Waals surface area contributed by atoms with E-state index in [1.165, 1.54) is 5.56 Å². The van der Waals surface area contributed by atoms with Crippen LogP contribution in [0.15, 0.2) is 18.2 Å². The summed E-state index contributed by atoms with van der Waals surface area (Å²) in [6.07, 6.45) is 1.74. The van der Waals surface area contributed by atoms with Crippen LogP contribution in [0.1, 0.15) is 44.7 Å². The lowest BCUT2D eigenvalue weighted by Crippen LogP contribution is -2.54. The number of nitrogens with two attached hydrogens (primary N) is 1. The van der Waals surface area contributed by atoms with Gasteiger partial charge >= 0.3 is 5.97 Å². The fourth-order valence-electron chi connectivity index (χ4n) is 2.43. The summed E-state index contributed by atoms with van der Waals surface area (Å²) in [6.45, 7) is 8.46. The quantitative estimate of drug-likeness (QED) is 0.875. The lowest BCUT2D eigenvalue weighted by molar-refractivity contribution is -0.145. The number of hydrogen-bond acceptors (Lipinski definition) is 3. The van der Waals surface area contributed by atoms with E-state index in [2.05, 4.69) is 26.8 Å². The molecule has 1 fully saturated rings. The standard InChI is InChI=1S/C17H25NO3/c1-11-9-13(16(2,3)4)7-8-14(11)21-10-17(18,15(19)20)12-5-6-12/h7-9,12H,5-6,10,18H2,1-4H3,(H,19,20). The molecule has 1 aliphatic carbocycles. The molecule has 4 heteroatoms. The average molecular weight is 291 g/mol. The first-order valence-electron chi connectivity index (χ1n) is 7.41. The number of carbonyl (C=O) groups is 1. The van der Waals surface area contributed by atoms with Gasteiger partial charge in [-0.3, -0.25) is 4.79 Å². The molecule has 0 saturated heterocycles. The summed E-state index contributed by atoms with van der Waals surface area (Å²) in [5, 5.41) is 9.34. The molecule has 21 heavy (non-hydrogen) atoms. The molecule has 1 aliphatic rings. The van der Waals surface area contributed by atoms with Crippen LogP contribution < -0.4 is 10.5 Å². The second-order valence-electron chi connectivity index (χ2n) is 7.14. The van der Waals surface area contributed by atoms with Crippen LogP contribution in [0, 0.1) is 12.8 Å². The maximum absolute atomic E-state index is 11.4. The normalized spacial score (nSPS) is 18.1. The Labute approximate surface area is 126 Å². The lowest BCUT2D eigenvalue weighted by Gasteiger charge is -2.26. The third kappa shape index (κ3) is 3.38. The highest BCUT2D eigenvalue weighted by Gasteiger charge is 2.49. The van der Waals surface area contributed by atoms with E-state index in [0.717, 1.165) is 18.4 Å². The fourth-order valence-corrected chi connectivity index (χ4v) is 2.43. The fraction of sp³-hybridized carbons (Fsp3) is 0.588. The molecule has 0 aromatic heterocycles. The zero-order chi connectivity index (χ0) is 15.8. The molecular formula is C17H25NO3. The number of benzene rings is 1. The van der Waals surface area contributed by atoms with Crippen LogP contribution in [-0.2, 0) is 10.2 Å². The number of hydrogen-bond donors (Lipinski definition) is 2. The predicted octanol–water partition coefficient (Wildman–Crippen LogP) is 2.86. The van der Waals surface area contributed by atoms with Crippen LogP contribution in [0.2, 0.25) is 0 Å². The molecule has 0 amide bonds. The molecule has 1 unspecified atom stereocenters. The van der Waals surface area contributed by atoms with Crippen molar-refractivity contribution in [1.29, 1.82) is 0 Å². The summed E-state index contributed by atoms with van der Waals surface area (Å²) in [5.41, 5.74) is 7.06. The maximum Gasteiger partial charge on any atom is 0.327 e. The molecular weight excluding hydrogens is 266 g/mol. The van der Waals surface area contributed by atoms with Gasteiger partial charge in [0.2, 0.25) is 0 Å². The molecule has 4 nitrogen and oxygen atoms in total. The van der Waals surface area contributed by atoms with Crippen molar-refractivity contribution < 1.29 is 14.6 Å². The van der Waals surface area contributed by atoms with Gasteiger partial charge in [-0.05, 0) is 48.3 Å². The minimum atomic E-state index is -1.27. The van der Waals surface area contributed by atoms with Gasteiger partial charge in [-0.2, -0.15) is 0 Å². The van der Waals surface area contributed by atoms with Crippen LogP contribution in [-0.4, -0.2) is 23.2 Å². The number of rotatable bonds is 5. The smallest absolute Gasteiger partial charge is 0.327 e. The zero-order valence-corrected chi connectivity index (χ0v) is 13.3. The number of ether oxygens (including phenoxy) is 1. The molecule has 3 N–H and O–H groups in total. The van der Waals surface area contributed by atoms with Crippen LogP contribution in [0.3, 0.4) is 0 Å². The Morgan fingerprint density at radius 1 is 1.38 bits per heavy atom. The predicted molar refractivity (Wildman–Crippen MR) is 82.7 cm³/mol. The van der Waals surface area contributed by atoms with Crippen LogP contribution >= 0.6 is 0 Å². The monoisotopic (exact) mass is 291 g/mol. The zero-order valence-electron chi connectivity index (χ0n) is 13.3. The van der Waals surface area contributed by atoms with E-state index in [1.807, 2.05) is 19.1 Å². The van der Waals surface area contributed by atoms with Crippen molar-refractivity contribution in [3.05, 3.63) is 29.3 Å². The molecule has 1 aromatic rings. The second-order valence-corrected chi connectivity index (χ2v) is 7.14. The van der Waals surface area contributed by atoms with Gasteiger partial charge in [0.1, 0.15) is 12.4 Å². The molecule has 0 aliphatic heterocycles. The highest BCUT2D eigenvalue weighted by molar-refractivity contribution is 5.79. The minimum Gasteiger partial charge on any atom is -0.491 e. The van der Waals surface area contributed by atoms with E-state index in [9.17, 15) is 9.90 Å². The van der Waals surface area contributed by atoms with Crippen molar-refractivity contribution >= 4 is 5.97 Å². The molecule has 0 bridgehead atoms. The molecule has 1 saturated carbocycles. The Kier molecular flexibility index (Phi) is 4.02. The Hall–Kier alpha value is -1.55. The summed E-state index contributed by atoms with van der Waals surface area (Å²) in [4.78, 5) is 11.4. The van der Waals surface area contributed by atoms with E-state index in [4.69, 9.17) is 10.5 Å². The van der Waals surface area contributed by atoms with Crippen molar-refractivity contribution in [3.63, 3.8) is 0 Å². The first-order chi connectivity index (χ1) is 9.64. The topological polar surface area (TPSA) is 72.5 Å². The van der Waals surface area contributed by atoms with Crippen LogP contribution in [0.5, 0.6) is 5.75 Å². The van der Waals surface area contributed by atoms with E-state index in [0.29, 0.717) is 5.75 Å². The Morgan fingerprint density at radius 2 is 2.00 bits per heavy atom. The van der Waals surface area contributed by atoms with Gasteiger partial charge in [-0.15, -0.1) is 0 Å². The first kappa shape index (κ1) is 15.8. The van der Waals surface area contributed by atoms with Gasteiger partial charge in [0.15, 0.2) is 5.54 Å². The lowest BCUT2D eigenvalue weighted by atomic mass is 9.86. The molecule has 0 heterocycles. The van der Waals surface area contributed by atoms with E-state index < -0.39 is 11.5 Å². The first-order valence-corrected chi connectivity index (χ1v) is 7.41. The van der Waals surface area contributed by atoms with Gasteiger partial charge in [0, 0.05) is 0 Å². The molecule has 0 radical (unpaired) electrons. The van der Waals surface area contributed by atoms with Crippen molar-refractivity contribution in [2.75, 3.05) is 6.61 Å². The van der Waals surface area contributed by atoms with Gasteiger partial charge in [0.05, 0.1) is 0 Å². The Bertz CT molecular complexity index is 543. The van der Waals surface area contributed by atoms with Gasteiger partial charge < -0.3 is 15.6 Å². The number of aliphatic carboxylic acids is 1. The van der Waals surface area contributed by atoms with Gasteiger partial charge in [-0.1, -0.05) is 32.9 Å². The van der Waals surface area contributed by atoms with E-state index in [-0.39, 0.29) is 17.9 Å². The summed E-state index contributed by atoms with van der Waals surface area (Å²) in [6, 6.07) is 6.02. The number of carboxylic acids is 1. The van der Waals surface area contributed by atoms with Crippen LogP contribution in [0.4, 0.5) is 0 Å². The summed E-state index contributed by atoms with van der Waals surface area (Å²) < 4.78 is 5.73. The second kappa shape index (κ2) is 5.34. The SMILES string of the molecule is Cc1cc(C(C)(C)C)ccc1OCC(N)(C(=O)O)C1CC1. The minimum absolute atomic E-state index is 0.0166. The summed E-state index contributed by atoms with van der Waals surface area (Å²) >= 11 is 0. The third-order valence-electron chi connectivity index (χ3n) is 4.21. The summed E-state index contributed by atoms with van der Waals surface area (Å²) in [7, 11) is 0. The van der Waals surface area contributed by atoms with Gasteiger partial charge in [-0.25, -0.2) is 0 Å². The maximum atomic E-state index is 11.4. The molecule has 1 aromatic carbocycles.